The van der Waals surface area contributed by atoms with Crippen LogP contribution in [0.4, 0.5) is 10.5 Å². The second kappa shape index (κ2) is 9.09. The predicted molar refractivity (Wildman–Crippen MR) is 101 cm³/mol. The molecule has 3 N–H and O–H groups in total. The molecule has 5 nitrogen and oxygen atoms in total. The summed E-state index contributed by atoms with van der Waals surface area (Å²) in [5.41, 5.74) is 1.22. The highest BCUT2D eigenvalue weighted by molar-refractivity contribution is 5.74. The minimum atomic E-state index is -0.134. The summed E-state index contributed by atoms with van der Waals surface area (Å²) in [5, 5.41) is 16.0. The summed E-state index contributed by atoms with van der Waals surface area (Å²) in [4.78, 5) is 14.4. The highest BCUT2D eigenvalue weighted by Crippen LogP contribution is 2.27. The molecule has 2 fully saturated rings. The van der Waals surface area contributed by atoms with Crippen LogP contribution >= 0.6 is 0 Å². The molecule has 1 aliphatic carbocycles. The molecular weight excluding hydrogens is 314 g/mol. The third kappa shape index (κ3) is 5.36. The molecule has 3 rings (SSSR count). The van der Waals surface area contributed by atoms with Crippen molar-refractivity contribution in [3.05, 3.63) is 30.3 Å². The van der Waals surface area contributed by atoms with Gasteiger partial charge in [0.1, 0.15) is 0 Å². The van der Waals surface area contributed by atoms with Gasteiger partial charge < -0.3 is 20.6 Å². The van der Waals surface area contributed by atoms with Crippen molar-refractivity contribution in [1.29, 1.82) is 0 Å². The minimum absolute atomic E-state index is 0.0656. The van der Waals surface area contributed by atoms with Crippen molar-refractivity contribution in [2.75, 3.05) is 24.5 Å². The monoisotopic (exact) mass is 345 g/mol. The van der Waals surface area contributed by atoms with Gasteiger partial charge in [-0.05, 0) is 50.2 Å². The summed E-state index contributed by atoms with van der Waals surface area (Å²) in [6.45, 7) is 2.53. The van der Waals surface area contributed by atoms with Crippen LogP contribution in [0.2, 0.25) is 0 Å². The zero-order chi connectivity index (χ0) is 17.5. The first-order valence-corrected chi connectivity index (χ1v) is 9.75. The van der Waals surface area contributed by atoms with E-state index in [2.05, 4.69) is 27.7 Å². The molecule has 2 amide bonds. The Morgan fingerprint density at radius 3 is 2.76 bits per heavy atom. The number of hydrogen-bond donors (Lipinski definition) is 3. The Kier molecular flexibility index (Phi) is 6.56. The number of rotatable bonds is 6. The van der Waals surface area contributed by atoms with Gasteiger partial charge in [-0.1, -0.05) is 31.0 Å². The van der Waals surface area contributed by atoms with Gasteiger partial charge in [-0.15, -0.1) is 0 Å². The number of carbonyl (C=O) groups is 1. The lowest BCUT2D eigenvalue weighted by molar-refractivity contribution is 0.0644. The maximum Gasteiger partial charge on any atom is 0.315 e. The van der Waals surface area contributed by atoms with E-state index in [1.165, 1.54) is 12.1 Å². The maximum absolute atomic E-state index is 12.1. The summed E-state index contributed by atoms with van der Waals surface area (Å²) >= 11 is 0. The molecule has 5 heteroatoms. The first-order valence-electron chi connectivity index (χ1n) is 9.75. The number of nitrogens with zero attached hydrogens (tertiary/aromatic N) is 1. The number of urea groups is 1. The summed E-state index contributed by atoms with van der Waals surface area (Å²) in [5.74, 6) is 0.424. The van der Waals surface area contributed by atoms with Gasteiger partial charge in [0.15, 0.2) is 0 Å². The predicted octanol–water partition coefficient (Wildman–Crippen LogP) is 2.90. The van der Waals surface area contributed by atoms with E-state index >= 15 is 0 Å². The van der Waals surface area contributed by atoms with Crippen LogP contribution in [-0.4, -0.2) is 42.9 Å². The number of amides is 2. The van der Waals surface area contributed by atoms with Gasteiger partial charge in [-0.2, -0.15) is 0 Å². The zero-order valence-electron chi connectivity index (χ0n) is 15.0. The van der Waals surface area contributed by atoms with E-state index in [4.69, 9.17) is 0 Å². The molecule has 3 atom stereocenters. The lowest BCUT2D eigenvalue weighted by atomic mass is 9.83. The van der Waals surface area contributed by atoms with Crippen LogP contribution in [-0.2, 0) is 0 Å². The van der Waals surface area contributed by atoms with Crippen molar-refractivity contribution < 1.29 is 9.90 Å². The average molecular weight is 345 g/mol. The summed E-state index contributed by atoms with van der Waals surface area (Å²) < 4.78 is 0. The van der Waals surface area contributed by atoms with E-state index in [1.807, 2.05) is 18.2 Å². The van der Waals surface area contributed by atoms with Crippen LogP contribution in [0.3, 0.4) is 0 Å². The van der Waals surface area contributed by atoms with E-state index in [9.17, 15) is 9.90 Å². The van der Waals surface area contributed by atoms with Gasteiger partial charge in [0.2, 0.25) is 0 Å². The Hall–Kier alpha value is -1.75. The fourth-order valence-electron chi connectivity index (χ4n) is 4.08. The summed E-state index contributed by atoms with van der Waals surface area (Å²) in [7, 11) is 0. The van der Waals surface area contributed by atoms with Crippen molar-refractivity contribution >= 4 is 11.7 Å². The normalized spacial score (nSPS) is 26.4. The highest BCUT2D eigenvalue weighted by atomic mass is 16.3. The van der Waals surface area contributed by atoms with Crippen LogP contribution < -0.4 is 15.5 Å². The Labute approximate surface area is 150 Å². The van der Waals surface area contributed by atoms with Crippen molar-refractivity contribution in [2.24, 2.45) is 5.92 Å². The molecule has 138 valence electrons. The standard InChI is InChI=1S/C20H31N3O2/c24-19-11-5-4-7-16(19)8-6-13-21-20(25)22-17-12-14-23(15-17)18-9-2-1-3-10-18/h1-3,9-10,16-17,19,24H,4-8,11-15H2,(H2,21,22,25). The molecule has 25 heavy (non-hydrogen) atoms. The molecule has 3 unspecified atom stereocenters. The third-order valence-corrected chi connectivity index (χ3v) is 5.55. The fourth-order valence-corrected chi connectivity index (χ4v) is 4.08. The van der Waals surface area contributed by atoms with Crippen molar-refractivity contribution in [1.82, 2.24) is 10.6 Å². The average Bonchev–Trinajstić information content (AvgIpc) is 3.09. The first kappa shape index (κ1) is 18.1. The third-order valence-electron chi connectivity index (χ3n) is 5.55. The molecule has 0 aromatic heterocycles. The van der Waals surface area contributed by atoms with Crippen LogP contribution in [0, 0.1) is 5.92 Å². The van der Waals surface area contributed by atoms with Crippen molar-refractivity contribution in [2.45, 2.75) is 57.1 Å². The first-order chi connectivity index (χ1) is 12.2. The van der Waals surface area contributed by atoms with E-state index in [-0.39, 0.29) is 18.2 Å². The topological polar surface area (TPSA) is 64.6 Å². The maximum atomic E-state index is 12.1. The van der Waals surface area contributed by atoms with Gasteiger partial charge in [0.25, 0.3) is 0 Å². The minimum Gasteiger partial charge on any atom is -0.393 e. The number of hydrogen-bond acceptors (Lipinski definition) is 3. The van der Waals surface area contributed by atoms with Gasteiger partial charge >= 0.3 is 6.03 Å². The number of carbonyl (C=O) groups excluding carboxylic acids is 1. The number of benzene rings is 1. The molecule has 1 aliphatic heterocycles. The van der Waals surface area contributed by atoms with E-state index in [0.717, 1.165) is 51.6 Å². The highest BCUT2D eigenvalue weighted by Gasteiger charge is 2.24. The van der Waals surface area contributed by atoms with Crippen LogP contribution in [0.25, 0.3) is 0 Å². The van der Waals surface area contributed by atoms with Crippen LogP contribution in [0.1, 0.15) is 44.9 Å². The molecule has 2 aliphatic rings. The molecule has 1 saturated carbocycles. The lowest BCUT2D eigenvalue weighted by Gasteiger charge is -2.27. The summed E-state index contributed by atoms with van der Waals surface area (Å²) in [6, 6.07) is 10.5. The number of anilines is 1. The molecule has 1 saturated heterocycles. The van der Waals surface area contributed by atoms with Gasteiger partial charge in [-0.3, -0.25) is 0 Å². The second-order valence-corrected chi connectivity index (χ2v) is 7.42. The Morgan fingerprint density at radius 2 is 1.96 bits per heavy atom. The van der Waals surface area contributed by atoms with Crippen molar-refractivity contribution in [3.63, 3.8) is 0 Å². The molecule has 0 spiro atoms. The number of aliphatic hydroxyl groups is 1. The smallest absolute Gasteiger partial charge is 0.315 e. The second-order valence-electron chi connectivity index (χ2n) is 7.42. The van der Waals surface area contributed by atoms with E-state index in [0.29, 0.717) is 12.5 Å². The molecular formula is C20H31N3O2. The molecule has 1 aromatic rings. The SMILES string of the molecule is O=C(NCCCC1CCCCC1O)NC1CCN(c2ccccc2)C1. The molecule has 0 bridgehead atoms. The number of nitrogens with one attached hydrogen (secondary N) is 2. The van der Waals surface area contributed by atoms with Gasteiger partial charge in [0, 0.05) is 31.4 Å². The van der Waals surface area contributed by atoms with Crippen LogP contribution in [0.5, 0.6) is 0 Å². The summed E-state index contributed by atoms with van der Waals surface area (Å²) in [6.07, 6.45) is 7.25. The Balaban J connectivity index is 1.30. The zero-order valence-corrected chi connectivity index (χ0v) is 15.0. The Morgan fingerprint density at radius 1 is 1.16 bits per heavy atom. The van der Waals surface area contributed by atoms with Crippen molar-refractivity contribution in [3.8, 4) is 0 Å². The van der Waals surface area contributed by atoms with E-state index in [1.54, 1.807) is 0 Å². The Bertz CT molecular complexity index is 537. The number of aliphatic hydroxyl groups excluding tert-OH is 1. The lowest BCUT2D eigenvalue weighted by Crippen LogP contribution is -2.43. The molecule has 1 heterocycles. The largest absolute Gasteiger partial charge is 0.393 e. The van der Waals surface area contributed by atoms with Gasteiger partial charge in [0.05, 0.1) is 6.10 Å². The van der Waals surface area contributed by atoms with Crippen LogP contribution in [0.15, 0.2) is 30.3 Å². The van der Waals surface area contributed by atoms with Gasteiger partial charge in [-0.25, -0.2) is 4.79 Å². The molecule has 1 aromatic carbocycles. The molecule has 0 radical (unpaired) electrons. The quantitative estimate of drug-likeness (QED) is 0.695. The number of para-hydroxylation sites is 1. The fraction of sp³-hybridized carbons (Fsp3) is 0.650. The van der Waals surface area contributed by atoms with E-state index < -0.39 is 0 Å².